The lowest BCUT2D eigenvalue weighted by atomic mass is 10.1. The molecule has 6 nitrogen and oxygen atoms in total. The summed E-state index contributed by atoms with van der Waals surface area (Å²) in [4.78, 5) is 12.5. The third kappa shape index (κ3) is 3.27. The Hall–Kier alpha value is -3.06. The van der Waals surface area contributed by atoms with Gasteiger partial charge in [-0.2, -0.15) is 21.0 Å². The Labute approximate surface area is 148 Å². The maximum atomic E-state index is 12.5. The van der Waals surface area contributed by atoms with Gasteiger partial charge in [-0.3, -0.25) is 4.79 Å². The molecule has 0 aliphatic rings. The van der Waals surface area contributed by atoms with Crippen LogP contribution < -0.4 is 5.32 Å². The van der Waals surface area contributed by atoms with E-state index in [4.69, 9.17) is 0 Å². The normalized spacial score (nSPS) is 10.9. The number of carbonyl (C=O) groups is 1. The molecule has 0 bridgehead atoms. The first-order chi connectivity index (χ1) is 12.3. The van der Waals surface area contributed by atoms with E-state index in [1.165, 1.54) is 11.9 Å². The number of carbonyl (C=O) groups excluding carboxylic acids is 1. The van der Waals surface area contributed by atoms with Gasteiger partial charge >= 0.3 is 0 Å². The van der Waals surface area contributed by atoms with E-state index in [2.05, 4.69) is 20.6 Å². The predicted molar refractivity (Wildman–Crippen MR) is 96.6 cm³/mol. The highest BCUT2D eigenvalue weighted by Gasteiger charge is 2.15. The largest absolute Gasteiger partial charge is 0.350 e. The van der Waals surface area contributed by atoms with Crippen molar-refractivity contribution < 1.29 is 4.79 Å². The van der Waals surface area contributed by atoms with Gasteiger partial charge in [0.2, 0.25) is 0 Å². The van der Waals surface area contributed by atoms with E-state index in [0.29, 0.717) is 17.9 Å². The number of nitrogens with one attached hydrogen (secondary N) is 1. The molecule has 3 aromatic heterocycles. The zero-order valence-corrected chi connectivity index (χ0v) is 14.1. The minimum Gasteiger partial charge on any atom is -0.350 e. The van der Waals surface area contributed by atoms with Gasteiger partial charge in [-0.25, -0.2) is 0 Å². The lowest BCUT2D eigenvalue weighted by Gasteiger charge is -2.07. The molecule has 1 amide bonds. The Bertz CT molecular complexity index is 995. The molecule has 1 aromatic carbocycles. The van der Waals surface area contributed by atoms with Gasteiger partial charge in [0.1, 0.15) is 12.0 Å². The molecule has 0 fully saturated rings. The van der Waals surface area contributed by atoms with Gasteiger partial charge in [0.05, 0.1) is 0 Å². The summed E-state index contributed by atoms with van der Waals surface area (Å²) in [6.07, 6.45) is 2.28. The summed E-state index contributed by atoms with van der Waals surface area (Å²) < 4.78 is 1.54. The number of hydrogen-bond acceptors (Lipinski definition) is 5. The van der Waals surface area contributed by atoms with Crippen LogP contribution in [0.3, 0.4) is 0 Å². The molecule has 0 unspecified atom stereocenters. The monoisotopic (exact) mass is 349 g/mol. The predicted octanol–water partition coefficient (Wildman–Crippen LogP) is 2.83. The molecule has 1 N–H and O–H groups in total. The highest BCUT2D eigenvalue weighted by Crippen LogP contribution is 2.25. The number of aromatic nitrogens is 4. The molecule has 0 atom stereocenters. The van der Waals surface area contributed by atoms with Crippen LogP contribution in [-0.2, 0) is 6.42 Å². The smallest absolute Gasteiger partial charge is 0.271 e. The van der Waals surface area contributed by atoms with Crippen LogP contribution in [0.15, 0.2) is 59.6 Å². The number of benzene rings is 1. The summed E-state index contributed by atoms with van der Waals surface area (Å²) in [5.74, 6) is -0.206. The van der Waals surface area contributed by atoms with Crippen molar-refractivity contribution in [2.75, 3.05) is 6.54 Å². The highest BCUT2D eigenvalue weighted by molar-refractivity contribution is 7.08. The Kier molecular flexibility index (Phi) is 4.22. The molecular weight excluding hydrogens is 334 g/mol. The third-order valence-corrected chi connectivity index (χ3v) is 4.56. The van der Waals surface area contributed by atoms with Crippen LogP contribution >= 0.6 is 11.3 Å². The molecule has 0 aliphatic carbocycles. The molecule has 25 heavy (non-hydrogen) atoms. The van der Waals surface area contributed by atoms with E-state index >= 15 is 0 Å². The van der Waals surface area contributed by atoms with E-state index < -0.39 is 0 Å². The van der Waals surface area contributed by atoms with E-state index in [1.54, 1.807) is 21.9 Å². The molecule has 0 spiro atoms. The zero-order chi connectivity index (χ0) is 17.1. The van der Waals surface area contributed by atoms with Gasteiger partial charge in [-0.15, -0.1) is 10.2 Å². The summed E-state index contributed by atoms with van der Waals surface area (Å²) >= 11 is 1.59. The lowest BCUT2D eigenvalue weighted by molar-refractivity contribution is 0.0948. The fourth-order valence-electron chi connectivity index (χ4n) is 2.62. The first kappa shape index (κ1) is 15.5. The second kappa shape index (κ2) is 6.82. The summed E-state index contributed by atoms with van der Waals surface area (Å²) in [7, 11) is 0. The second-order valence-electron chi connectivity index (χ2n) is 5.55. The maximum absolute atomic E-state index is 12.5. The molecule has 0 saturated heterocycles. The summed E-state index contributed by atoms with van der Waals surface area (Å²) in [6, 6.07) is 13.8. The van der Waals surface area contributed by atoms with Crippen LogP contribution in [0.25, 0.3) is 16.8 Å². The number of thiophene rings is 1. The average molecular weight is 349 g/mol. The van der Waals surface area contributed by atoms with Gasteiger partial charge < -0.3 is 5.32 Å². The molecule has 0 aliphatic heterocycles. The number of rotatable bonds is 5. The van der Waals surface area contributed by atoms with Crippen molar-refractivity contribution in [1.82, 2.24) is 25.1 Å². The molecule has 7 heteroatoms. The fraction of sp³-hybridized carbons (Fsp3) is 0.111. The van der Waals surface area contributed by atoms with Crippen LogP contribution in [0.2, 0.25) is 0 Å². The Morgan fingerprint density at radius 2 is 2.08 bits per heavy atom. The minimum atomic E-state index is -0.206. The topological polar surface area (TPSA) is 72.2 Å². The van der Waals surface area contributed by atoms with Gasteiger partial charge in [0.15, 0.2) is 5.65 Å². The van der Waals surface area contributed by atoms with Crippen LogP contribution in [0.5, 0.6) is 0 Å². The molecule has 3 heterocycles. The molecule has 124 valence electrons. The van der Waals surface area contributed by atoms with Gasteiger partial charge in [0.25, 0.3) is 5.91 Å². The van der Waals surface area contributed by atoms with E-state index in [1.807, 2.05) is 47.2 Å². The Morgan fingerprint density at radius 1 is 1.20 bits per heavy atom. The molecule has 0 radical (unpaired) electrons. The molecular formula is C18H15N5OS. The molecule has 4 rings (SSSR count). The van der Waals surface area contributed by atoms with Crippen LogP contribution in [0.4, 0.5) is 0 Å². The second-order valence-corrected chi connectivity index (χ2v) is 6.33. The first-order valence-corrected chi connectivity index (χ1v) is 8.81. The molecule has 0 saturated carbocycles. The van der Waals surface area contributed by atoms with Crippen LogP contribution in [-0.4, -0.2) is 32.3 Å². The van der Waals surface area contributed by atoms with Crippen molar-refractivity contribution in [2.24, 2.45) is 0 Å². The van der Waals surface area contributed by atoms with Gasteiger partial charge in [-0.05, 0) is 40.4 Å². The van der Waals surface area contributed by atoms with Crippen molar-refractivity contribution in [3.8, 4) is 11.1 Å². The lowest BCUT2D eigenvalue weighted by Crippen LogP contribution is -2.27. The minimum absolute atomic E-state index is 0.206. The van der Waals surface area contributed by atoms with Gasteiger partial charge in [-0.1, -0.05) is 30.3 Å². The number of hydrogen-bond donors (Lipinski definition) is 1. The van der Waals surface area contributed by atoms with E-state index in [9.17, 15) is 4.79 Å². The van der Waals surface area contributed by atoms with Gasteiger partial charge in [0, 0.05) is 12.1 Å². The number of fused-ring (bicyclic) bond motifs is 1. The SMILES string of the molecule is O=C(NCCc1ccccc1)c1cc(-c2ccsc2)c2nncn2n1. The summed E-state index contributed by atoms with van der Waals surface area (Å²) in [5.41, 5.74) is 4.02. The van der Waals surface area contributed by atoms with E-state index in [0.717, 1.165) is 17.5 Å². The fourth-order valence-corrected chi connectivity index (χ4v) is 3.28. The average Bonchev–Trinajstić information content (AvgIpc) is 3.33. The van der Waals surface area contributed by atoms with Crippen molar-refractivity contribution in [2.45, 2.75) is 6.42 Å². The number of nitrogens with zero attached hydrogens (tertiary/aromatic N) is 4. The standard InChI is InChI=1S/C18H15N5OS/c24-18(19-8-6-13-4-2-1-3-5-13)16-10-15(14-7-9-25-11-14)17-21-20-12-23(17)22-16/h1-5,7,9-12H,6,8H2,(H,19,24). The van der Waals surface area contributed by atoms with Crippen molar-refractivity contribution in [1.29, 1.82) is 0 Å². The van der Waals surface area contributed by atoms with Crippen LogP contribution in [0, 0.1) is 0 Å². The zero-order valence-electron chi connectivity index (χ0n) is 13.3. The van der Waals surface area contributed by atoms with Crippen LogP contribution in [0.1, 0.15) is 16.1 Å². The third-order valence-electron chi connectivity index (χ3n) is 3.87. The summed E-state index contributed by atoms with van der Waals surface area (Å²) in [5, 5.41) is 19.2. The van der Waals surface area contributed by atoms with Crippen molar-refractivity contribution >= 4 is 22.9 Å². The quantitative estimate of drug-likeness (QED) is 0.601. The number of amides is 1. The first-order valence-electron chi connectivity index (χ1n) is 7.87. The van der Waals surface area contributed by atoms with E-state index in [-0.39, 0.29) is 5.91 Å². The Balaban J connectivity index is 1.55. The maximum Gasteiger partial charge on any atom is 0.271 e. The molecule has 4 aromatic rings. The van der Waals surface area contributed by atoms with Crippen molar-refractivity contribution in [3.63, 3.8) is 0 Å². The summed E-state index contributed by atoms with van der Waals surface area (Å²) in [6.45, 7) is 0.554. The highest BCUT2D eigenvalue weighted by atomic mass is 32.1. The van der Waals surface area contributed by atoms with Crippen molar-refractivity contribution in [3.05, 3.63) is 70.8 Å². The Morgan fingerprint density at radius 3 is 2.88 bits per heavy atom.